The first kappa shape index (κ1) is 14.3. The van der Waals surface area contributed by atoms with Gasteiger partial charge in [0.25, 0.3) is 0 Å². The molecule has 1 aromatic rings. The highest BCUT2D eigenvalue weighted by Gasteiger charge is 2.19. The summed E-state index contributed by atoms with van der Waals surface area (Å²) in [5.74, 6) is 0.529. The molecule has 0 bridgehead atoms. The van der Waals surface area contributed by atoms with Gasteiger partial charge in [-0.3, -0.25) is 0 Å². The fraction of sp³-hybridized carbons (Fsp3) is 0.625. The van der Waals surface area contributed by atoms with Crippen molar-refractivity contribution in [2.24, 2.45) is 5.92 Å². The predicted molar refractivity (Wildman–Crippen MR) is 76.9 cm³/mol. The lowest BCUT2D eigenvalue weighted by Crippen LogP contribution is -2.25. The van der Waals surface area contributed by atoms with Crippen LogP contribution in [0.25, 0.3) is 0 Å². The lowest BCUT2D eigenvalue weighted by Gasteiger charge is -2.26. The number of hydrogen-bond acceptors (Lipinski definition) is 2. The van der Waals surface area contributed by atoms with Gasteiger partial charge < -0.3 is 10.0 Å². The third-order valence-electron chi connectivity index (χ3n) is 4.21. The molecule has 1 fully saturated rings. The highest BCUT2D eigenvalue weighted by Crippen LogP contribution is 2.30. The van der Waals surface area contributed by atoms with Crippen LogP contribution in [0.5, 0.6) is 0 Å². The highest BCUT2D eigenvalue weighted by atomic mass is 19.1. The Labute approximate surface area is 115 Å². The van der Waals surface area contributed by atoms with E-state index in [0.29, 0.717) is 5.56 Å². The van der Waals surface area contributed by atoms with Gasteiger partial charge in [-0.25, -0.2) is 4.39 Å². The molecule has 1 aliphatic rings. The minimum Gasteiger partial charge on any atom is -0.389 e. The maximum Gasteiger partial charge on any atom is 0.123 e. The largest absolute Gasteiger partial charge is 0.389 e. The van der Waals surface area contributed by atoms with Gasteiger partial charge in [0.05, 0.1) is 6.10 Å². The third kappa shape index (κ3) is 3.47. The average molecular weight is 265 g/mol. The van der Waals surface area contributed by atoms with Crippen LogP contribution in [0.2, 0.25) is 0 Å². The summed E-state index contributed by atoms with van der Waals surface area (Å²) < 4.78 is 13.3. The standard InChI is InChI=1S/C16H24FNO/c1-3-13-5-4-9-18(10-8-13)16-7-6-14(17)11-15(16)12(2)19/h6-7,11-13,19H,3-5,8-10H2,1-2H3/t12-,13?/m0/s1. The van der Waals surface area contributed by atoms with E-state index >= 15 is 0 Å². The summed E-state index contributed by atoms with van der Waals surface area (Å²) in [5, 5.41) is 9.83. The first-order valence-corrected chi connectivity index (χ1v) is 7.34. The maximum atomic E-state index is 13.3. The van der Waals surface area contributed by atoms with E-state index in [4.69, 9.17) is 0 Å². The number of aliphatic hydroxyl groups excluding tert-OH is 1. The van der Waals surface area contributed by atoms with Crippen LogP contribution >= 0.6 is 0 Å². The van der Waals surface area contributed by atoms with E-state index in [9.17, 15) is 9.50 Å². The molecule has 0 saturated carbocycles. The predicted octanol–water partition coefficient (Wildman–Crippen LogP) is 3.90. The van der Waals surface area contributed by atoms with Crippen molar-refractivity contribution >= 4 is 5.69 Å². The van der Waals surface area contributed by atoms with E-state index in [1.807, 2.05) is 6.07 Å². The summed E-state index contributed by atoms with van der Waals surface area (Å²) in [5.41, 5.74) is 1.70. The molecule has 1 heterocycles. The van der Waals surface area contributed by atoms with Crippen LogP contribution < -0.4 is 4.90 Å². The molecule has 1 unspecified atom stereocenters. The van der Waals surface area contributed by atoms with Crippen LogP contribution in [0.3, 0.4) is 0 Å². The molecule has 0 aliphatic carbocycles. The third-order valence-corrected chi connectivity index (χ3v) is 4.21. The minimum absolute atomic E-state index is 0.277. The molecule has 3 heteroatoms. The van der Waals surface area contributed by atoms with Crippen molar-refractivity contribution in [2.75, 3.05) is 18.0 Å². The zero-order valence-electron chi connectivity index (χ0n) is 11.9. The Bertz CT molecular complexity index is 419. The van der Waals surface area contributed by atoms with E-state index in [1.165, 1.54) is 37.8 Å². The van der Waals surface area contributed by atoms with Crippen molar-refractivity contribution in [3.8, 4) is 0 Å². The van der Waals surface area contributed by atoms with E-state index in [-0.39, 0.29) is 5.82 Å². The molecule has 0 spiro atoms. The van der Waals surface area contributed by atoms with Crippen molar-refractivity contribution in [2.45, 2.75) is 45.6 Å². The fourth-order valence-electron chi connectivity index (χ4n) is 2.96. The van der Waals surface area contributed by atoms with Gasteiger partial charge in [-0.05, 0) is 50.3 Å². The molecule has 106 valence electrons. The zero-order valence-corrected chi connectivity index (χ0v) is 11.9. The highest BCUT2D eigenvalue weighted by molar-refractivity contribution is 5.54. The first-order valence-electron chi connectivity index (χ1n) is 7.34. The van der Waals surface area contributed by atoms with Gasteiger partial charge in [-0.1, -0.05) is 13.3 Å². The Kier molecular flexibility index (Phi) is 4.81. The lowest BCUT2D eigenvalue weighted by atomic mass is 9.98. The Morgan fingerprint density at radius 2 is 2.16 bits per heavy atom. The quantitative estimate of drug-likeness (QED) is 0.896. The van der Waals surface area contributed by atoms with Crippen LogP contribution in [0, 0.1) is 11.7 Å². The molecule has 2 rings (SSSR count). The normalized spacial score (nSPS) is 22.1. The SMILES string of the molecule is CCC1CCCN(c2ccc(F)cc2[C@H](C)O)CC1. The Morgan fingerprint density at radius 3 is 2.84 bits per heavy atom. The summed E-state index contributed by atoms with van der Waals surface area (Å²) in [6.07, 6.45) is 4.25. The molecule has 2 nitrogen and oxygen atoms in total. The average Bonchev–Trinajstić information content (AvgIpc) is 2.63. The number of nitrogens with zero attached hydrogens (tertiary/aromatic N) is 1. The second kappa shape index (κ2) is 6.38. The van der Waals surface area contributed by atoms with E-state index in [1.54, 1.807) is 6.92 Å². The van der Waals surface area contributed by atoms with Crippen molar-refractivity contribution in [3.05, 3.63) is 29.6 Å². The Hall–Kier alpha value is -1.09. The van der Waals surface area contributed by atoms with Gasteiger partial charge in [0, 0.05) is 24.3 Å². The molecule has 0 amide bonds. The molecule has 0 radical (unpaired) electrons. The van der Waals surface area contributed by atoms with Gasteiger partial charge in [0.2, 0.25) is 0 Å². The summed E-state index contributed by atoms with van der Waals surface area (Å²) in [4.78, 5) is 2.30. The van der Waals surface area contributed by atoms with Crippen molar-refractivity contribution < 1.29 is 9.50 Å². The van der Waals surface area contributed by atoms with Gasteiger partial charge in [-0.15, -0.1) is 0 Å². The summed E-state index contributed by atoms with van der Waals surface area (Å²) in [6.45, 7) is 5.95. The van der Waals surface area contributed by atoms with Crippen LogP contribution in [-0.4, -0.2) is 18.2 Å². The van der Waals surface area contributed by atoms with Gasteiger partial charge in [-0.2, -0.15) is 0 Å². The Balaban J connectivity index is 2.21. The fourth-order valence-corrected chi connectivity index (χ4v) is 2.96. The number of rotatable bonds is 3. The molecule has 1 N–H and O–H groups in total. The van der Waals surface area contributed by atoms with E-state index < -0.39 is 6.10 Å². The smallest absolute Gasteiger partial charge is 0.123 e. The minimum atomic E-state index is -0.629. The van der Waals surface area contributed by atoms with Crippen molar-refractivity contribution in [1.82, 2.24) is 0 Å². The zero-order chi connectivity index (χ0) is 13.8. The molecule has 2 atom stereocenters. The monoisotopic (exact) mass is 265 g/mol. The topological polar surface area (TPSA) is 23.5 Å². The molecular formula is C16H24FNO. The summed E-state index contributed by atoms with van der Waals surface area (Å²) in [6, 6.07) is 4.76. The molecule has 1 saturated heterocycles. The summed E-state index contributed by atoms with van der Waals surface area (Å²) >= 11 is 0. The van der Waals surface area contributed by atoms with E-state index in [0.717, 1.165) is 24.7 Å². The molecular weight excluding hydrogens is 241 g/mol. The number of hydrogen-bond donors (Lipinski definition) is 1. The molecule has 1 aliphatic heterocycles. The number of aliphatic hydroxyl groups is 1. The van der Waals surface area contributed by atoms with Crippen molar-refractivity contribution in [3.63, 3.8) is 0 Å². The summed E-state index contributed by atoms with van der Waals surface area (Å²) in [7, 11) is 0. The Morgan fingerprint density at radius 1 is 1.37 bits per heavy atom. The second-order valence-electron chi connectivity index (χ2n) is 5.57. The van der Waals surface area contributed by atoms with Crippen LogP contribution in [0.15, 0.2) is 18.2 Å². The lowest BCUT2D eigenvalue weighted by molar-refractivity contribution is 0.199. The number of halogens is 1. The van der Waals surface area contributed by atoms with Crippen LogP contribution in [0.4, 0.5) is 10.1 Å². The van der Waals surface area contributed by atoms with Crippen LogP contribution in [-0.2, 0) is 0 Å². The molecule has 0 aromatic heterocycles. The van der Waals surface area contributed by atoms with Crippen LogP contribution in [0.1, 0.15) is 51.2 Å². The van der Waals surface area contributed by atoms with Gasteiger partial charge in [0.1, 0.15) is 5.82 Å². The maximum absolute atomic E-state index is 13.3. The molecule has 1 aromatic carbocycles. The second-order valence-corrected chi connectivity index (χ2v) is 5.57. The van der Waals surface area contributed by atoms with Crippen molar-refractivity contribution in [1.29, 1.82) is 0 Å². The first-order chi connectivity index (χ1) is 9.11. The number of benzene rings is 1. The van der Waals surface area contributed by atoms with Gasteiger partial charge >= 0.3 is 0 Å². The van der Waals surface area contributed by atoms with Gasteiger partial charge in [0.15, 0.2) is 0 Å². The molecule has 19 heavy (non-hydrogen) atoms. The van der Waals surface area contributed by atoms with E-state index in [2.05, 4.69) is 11.8 Å². The number of anilines is 1.